The number of rotatable bonds is 5. The maximum atomic E-state index is 10.2. The van der Waals surface area contributed by atoms with E-state index in [1.807, 2.05) is 32.9 Å². The lowest BCUT2D eigenvalue weighted by atomic mass is 9.92. The van der Waals surface area contributed by atoms with Crippen molar-refractivity contribution >= 4 is 15.9 Å². The highest BCUT2D eigenvalue weighted by Gasteiger charge is 2.25. The zero-order chi connectivity index (χ0) is 13.1. The maximum Gasteiger partial charge on any atom is 0.0766 e. The highest BCUT2D eigenvalue weighted by molar-refractivity contribution is 9.10. The van der Waals surface area contributed by atoms with Crippen molar-refractivity contribution in [1.29, 1.82) is 0 Å². The lowest BCUT2D eigenvalue weighted by Crippen LogP contribution is -2.42. The first-order chi connectivity index (χ1) is 7.83. The molecule has 0 fully saturated rings. The number of nitrogens with one attached hydrogen (secondary N) is 1. The molecule has 1 rings (SSSR count). The molecular formula is C14H22BrNO. The van der Waals surface area contributed by atoms with E-state index in [0.717, 1.165) is 4.47 Å². The Morgan fingerprint density at radius 2 is 2.00 bits per heavy atom. The molecule has 0 aromatic heterocycles. The van der Waals surface area contributed by atoms with Crippen LogP contribution in [0.4, 0.5) is 0 Å². The van der Waals surface area contributed by atoms with Gasteiger partial charge in [0.15, 0.2) is 0 Å². The molecule has 1 aromatic rings. The average molecular weight is 300 g/mol. The fourth-order valence-electron chi connectivity index (χ4n) is 1.46. The van der Waals surface area contributed by atoms with Gasteiger partial charge in [0.25, 0.3) is 0 Å². The van der Waals surface area contributed by atoms with Gasteiger partial charge < -0.3 is 10.4 Å². The summed E-state index contributed by atoms with van der Waals surface area (Å²) in [6, 6.07) is 8.46. The largest absolute Gasteiger partial charge is 0.389 e. The van der Waals surface area contributed by atoms with Crippen molar-refractivity contribution in [2.45, 2.75) is 39.3 Å². The average Bonchev–Trinajstić information content (AvgIpc) is 2.25. The molecule has 0 saturated carbocycles. The summed E-state index contributed by atoms with van der Waals surface area (Å²) in [6.45, 7) is 8.64. The van der Waals surface area contributed by atoms with Crippen LogP contribution in [-0.4, -0.2) is 17.3 Å². The molecule has 1 aromatic carbocycles. The van der Waals surface area contributed by atoms with Crippen LogP contribution in [0.5, 0.6) is 0 Å². The van der Waals surface area contributed by atoms with Gasteiger partial charge in [-0.2, -0.15) is 0 Å². The first-order valence-electron chi connectivity index (χ1n) is 6.04. The Morgan fingerprint density at radius 1 is 1.35 bits per heavy atom. The molecule has 96 valence electrons. The molecule has 0 amide bonds. The third-order valence-corrected chi connectivity index (χ3v) is 3.85. The minimum Gasteiger partial charge on any atom is -0.389 e. The molecule has 0 aliphatic heterocycles. The van der Waals surface area contributed by atoms with Crippen LogP contribution in [0.25, 0.3) is 0 Å². The van der Waals surface area contributed by atoms with Gasteiger partial charge in [0.05, 0.1) is 5.60 Å². The quantitative estimate of drug-likeness (QED) is 0.872. The summed E-state index contributed by atoms with van der Waals surface area (Å²) in [5.74, 6) is 0.240. The Balaban J connectivity index is 2.59. The second kappa shape index (κ2) is 5.98. The molecule has 17 heavy (non-hydrogen) atoms. The molecule has 0 heterocycles. The van der Waals surface area contributed by atoms with Gasteiger partial charge in [0.1, 0.15) is 0 Å². The predicted molar refractivity (Wildman–Crippen MR) is 76.0 cm³/mol. The predicted octanol–water partition coefficient (Wildman–Crippen LogP) is 3.51. The smallest absolute Gasteiger partial charge is 0.0766 e. The van der Waals surface area contributed by atoms with E-state index in [1.54, 1.807) is 0 Å². The van der Waals surface area contributed by atoms with Crippen LogP contribution in [-0.2, 0) is 0 Å². The lowest BCUT2D eigenvalue weighted by Gasteiger charge is -2.29. The molecule has 2 atom stereocenters. The molecule has 0 radical (unpaired) electrons. The molecule has 0 bridgehead atoms. The summed E-state index contributed by atoms with van der Waals surface area (Å²) in [4.78, 5) is 0. The minimum atomic E-state index is -0.666. The van der Waals surface area contributed by atoms with Gasteiger partial charge in [-0.1, -0.05) is 41.9 Å². The molecule has 2 N–H and O–H groups in total. The van der Waals surface area contributed by atoms with Gasteiger partial charge in [-0.25, -0.2) is 0 Å². The molecule has 0 aliphatic carbocycles. The zero-order valence-corrected chi connectivity index (χ0v) is 12.6. The standard InChI is InChI=1S/C14H22BrNO/c1-10(2)14(4,17)9-16-11(3)12-6-5-7-13(15)8-12/h5-8,10-11,16-17H,9H2,1-4H3. The van der Waals surface area contributed by atoms with Crippen LogP contribution in [0, 0.1) is 5.92 Å². The number of aliphatic hydroxyl groups is 1. The lowest BCUT2D eigenvalue weighted by molar-refractivity contribution is 0.0122. The van der Waals surface area contributed by atoms with Gasteiger partial charge in [0, 0.05) is 17.1 Å². The zero-order valence-electron chi connectivity index (χ0n) is 11.0. The topological polar surface area (TPSA) is 32.3 Å². The normalized spacial score (nSPS) is 16.9. The van der Waals surface area contributed by atoms with Gasteiger partial charge in [0.2, 0.25) is 0 Å². The number of hydrogen-bond acceptors (Lipinski definition) is 2. The van der Waals surface area contributed by atoms with Crippen molar-refractivity contribution in [2.75, 3.05) is 6.54 Å². The van der Waals surface area contributed by atoms with Crippen LogP contribution >= 0.6 is 15.9 Å². The van der Waals surface area contributed by atoms with Gasteiger partial charge in [-0.3, -0.25) is 0 Å². The van der Waals surface area contributed by atoms with E-state index < -0.39 is 5.60 Å². The first-order valence-corrected chi connectivity index (χ1v) is 6.83. The van der Waals surface area contributed by atoms with E-state index in [4.69, 9.17) is 0 Å². The molecular weight excluding hydrogens is 278 g/mol. The van der Waals surface area contributed by atoms with Crippen LogP contribution < -0.4 is 5.32 Å². The van der Waals surface area contributed by atoms with E-state index in [2.05, 4.69) is 40.3 Å². The molecule has 0 spiro atoms. The Kier molecular flexibility index (Phi) is 5.17. The van der Waals surface area contributed by atoms with Crippen molar-refractivity contribution in [1.82, 2.24) is 5.32 Å². The van der Waals surface area contributed by atoms with Crippen LogP contribution in [0.3, 0.4) is 0 Å². The van der Waals surface area contributed by atoms with E-state index in [9.17, 15) is 5.11 Å². The number of benzene rings is 1. The Bertz CT molecular complexity index is 363. The molecule has 2 unspecified atom stereocenters. The summed E-state index contributed by atoms with van der Waals surface area (Å²) in [6.07, 6.45) is 0. The maximum absolute atomic E-state index is 10.2. The Morgan fingerprint density at radius 3 is 2.53 bits per heavy atom. The van der Waals surface area contributed by atoms with Crippen LogP contribution in [0.15, 0.2) is 28.7 Å². The summed E-state index contributed by atoms with van der Waals surface area (Å²) in [5, 5.41) is 13.5. The molecule has 2 nitrogen and oxygen atoms in total. The van der Waals surface area contributed by atoms with Crippen molar-refractivity contribution in [3.05, 3.63) is 34.3 Å². The SMILES string of the molecule is CC(NCC(C)(O)C(C)C)c1cccc(Br)c1. The highest BCUT2D eigenvalue weighted by Crippen LogP contribution is 2.20. The van der Waals surface area contributed by atoms with E-state index in [1.165, 1.54) is 5.56 Å². The Hall–Kier alpha value is -0.380. The second-order valence-corrected chi connectivity index (χ2v) is 6.09. The van der Waals surface area contributed by atoms with Crippen molar-refractivity contribution in [3.8, 4) is 0 Å². The minimum absolute atomic E-state index is 0.234. The summed E-state index contributed by atoms with van der Waals surface area (Å²) < 4.78 is 1.08. The van der Waals surface area contributed by atoms with Crippen molar-refractivity contribution in [2.24, 2.45) is 5.92 Å². The van der Waals surface area contributed by atoms with Gasteiger partial charge >= 0.3 is 0 Å². The van der Waals surface area contributed by atoms with E-state index in [0.29, 0.717) is 6.54 Å². The van der Waals surface area contributed by atoms with Crippen LogP contribution in [0.1, 0.15) is 39.3 Å². The van der Waals surface area contributed by atoms with Crippen LogP contribution in [0.2, 0.25) is 0 Å². The van der Waals surface area contributed by atoms with Crippen molar-refractivity contribution < 1.29 is 5.11 Å². The third kappa shape index (κ3) is 4.41. The third-order valence-electron chi connectivity index (χ3n) is 3.36. The van der Waals surface area contributed by atoms with E-state index in [-0.39, 0.29) is 12.0 Å². The van der Waals surface area contributed by atoms with Gasteiger partial charge in [-0.05, 0) is 37.5 Å². The Labute approximate surface area is 113 Å². The summed E-state index contributed by atoms with van der Waals surface area (Å²) in [7, 11) is 0. The summed E-state index contributed by atoms with van der Waals surface area (Å²) in [5.41, 5.74) is 0.555. The van der Waals surface area contributed by atoms with Gasteiger partial charge in [-0.15, -0.1) is 0 Å². The molecule has 0 aliphatic rings. The number of hydrogen-bond donors (Lipinski definition) is 2. The monoisotopic (exact) mass is 299 g/mol. The highest BCUT2D eigenvalue weighted by atomic mass is 79.9. The fraction of sp³-hybridized carbons (Fsp3) is 0.571. The number of halogens is 1. The fourth-order valence-corrected chi connectivity index (χ4v) is 1.87. The van der Waals surface area contributed by atoms with E-state index >= 15 is 0 Å². The summed E-state index contributed by atoms with van der Waals surface area (Å²) >= 11 is 3.47. The first kappa shape index (κ1) is 14.7. The second-order valence-electron chi connectivity index (χ2n) is 5.17. The molecule has 3 heteroatoms. The molecule has 0 saturated heterocycles. The van der Waals surface area contributed by atoms with Crippen molar-refractivity contribution in [3.63, 3.8) is 0 Å².